The molecule has 0 saturated carbocycles. The van der Waals surface area contributed by atoms with Crippen molar-refractivity contribution in [3.8, 4) is 5.69 Å². The van der Waals surface area contributed by atoms with Crippen molar-refractivity contribution in [2.75, 3.05) is 18.0 Å². The molecule has 1 aliphatic heterocycles. The average molecular weight is 419 g/mol. The van der Waals surface area contributed by atoms with E-state index in [-0.39, 0.29) is 11.7 Å². The standard InChI is InChI=1S/C25H27FN4O/c1-17-13-24(29-11-4-5-12-29)23(26)15-21(17)16-27-28-25(31)20-7-6-8-22(14-20)30-18(2)9-10-19(30)3/h6-10,13-16H,4-5,11-12H2,1-3H3,(H,28,31). The van der Waals surface area contributed by atoms with Crippen molar-refractivity contribution in [3.63, 3.8) is 0 Å². The van der Waals surface area contributed by atoms with Gasteiger partial charge in [-0.3, -0.25) is 4.79 Å². The van der Waals surface area contributed by atoms with Gasteiger partial charge in [0.15, 0.2) is 0 Å². The number of rotatable bonds is 5. The van der Waals surface area contributed by atoms with Crippen molar-refractivity contribution in [1.82, 2.24) is 9.99 Å². The summed E-state index contributed by atoms with van der Waals surface area (Å²) in [5.41, 5.74) is 8.39. The highest BCUT2D eigenvalue weighted by molar-refractivity contribution is 5.95. The number of hydrogen-bond acceptors (Lipinski definition) is 3. The van der Waals surface area contributed by atoms with Crippen LogP contribution in [0.5, 0.6) is 0 Å². The van der Waals surface area contributed by atoms with Gasteiger partial charge in [-0.1, -0.05) is 6.07 Å². The van der Waals surface area contributed by atoms with Gasteiger partial charge < -0.3 is 9.47 Å². The van der Waals surface area contributed by atoms with E-state index in [1.165, 1.54) is 12.3 Å². The zero-order chi connectivity index (χ0) is 22.0. The summed E-state index contributed by atoms with van der Waals surface area (Å²) >= 11 is 0. The second-order valence-electron chi connectivity index (χ2n) is 8.06. The van der Waals surface area contributed by atoms with E-state index in [0.717, 1.165) is 48.6 Å². The highest BCUT2D eigenvalue weighted by atomic mass is 19.1. The van der Waals surface area contributed by atoms with Crippen molar-refractivity contribution >= 4 is 17.8 Å². The molecule has 1 N–H and O–H groups in total. The van der Waals surface area contributed by atoms with Crippen molar-refractivity contribution in [3.05, 3.63) is 82.4 Å². The highest BCUT2D eigenvalue weighted by Gasteiger charge is 2.17. The van der Waals surface area contributed by atoms with E-state index in [0.29, 0.717) is 16.8 Å². The van der Waals surface area contributed by atoms with Crippen LogP contribution < -0.4 is 10.3 Å². The second-order valence-corrected chi connectivity index (χ2v) is 8.06. The third-order valence-electron chi connectivity index (χ3n) is 5.79. The van der Waals surface area contributed by atoms with E-state index < -0.39 is 0 Å². The lowest BCUT2D eigenvalue weighted by Gasteiger charge is -2.19. The molecule has 6 heteroatoms. The van der Waals surface area contributed by atoms with Crippen molar-refractivity contribution < 1.29 is 9.18 Å². The molecule has 0 bridgehead atoms. The molecule has 3 aromatic rings. The Hall–Kier alpha value is -3.41. The first-order valence-corrected chi connectivity index (χ1v) is 10.6. The van der Waals surface area contributed by atoms with Crippen LogP contribution in [0.4, 0.5) is 10.1 Å². The first-order chi connectivity index (χ1) is 14.9. The van der Waals surface area contributed by atoms with Gasteiger partial charge in [-0.2, -0.15) is 5.10 Å². The van der Waals surface area contributed by atoms with Gasteiger partial charge in [-0.15, -0.1) is 0 Å². The Kier molecular flexibility index (Phi) is 5.89. The SMILES string of the molecule is Cc1cc(N2CCCC2)c(F)cc1C=NNC(=O)c1cccc(-n2c(C)ccc2C)c1. The maximum atomic E-state index is 14.6. The van der Waals surface area contributed by atoms with Gasteiger partial charge in [0.2, 0.25) is 0 Å². The first kappa shape index (κ1) is 20.8. The first-order valence-electron chi connectivity index (χ1n) is 10.6. The number of aromatic nitrogens is 1. The summed E-state index contributed by atoms with van der Waals surface area (Å²) in [6.45, 7) is 7.76. The Bertz CT molecular complexity index is 1120. The van der Waals surface area contributed by atoms with E-state index in [1.807, 2.05) is 57.2 Å². The third kappa shape index (κ3) is 4.38. The van der Waals surface area contributed by atoms with Crippen molar-refractivity contribution in [2.45, 2.75) is 33.6 Å². The number of carbonyl (C=O) groups is 1. The molecule has 0 unspecified atom stereocenters. The molecule has 2 heterocycles. The van der Waals surface area contributed by atoms with E-state index in [1.54, 1.807) is 6.07 Å². The lowest BCUT2D eigenvalue weighted by Crippen LogP contribution is -2.20. The summed E-state index contributed by atoms with van der Waals surface area (Å²) in [5, 5.41) is 4.06. The van der Waals surface area contributed by atoms with Crippen LogP contribution in [0.25, 0.3) is 5.69 Å². The smallest absolute Gasteiger partial charge is 0.271 e. The molecular formula is C25H27FN4O. The molecule has 1 aliphatic rings. The molecular weight excluding hydrogens is 391 g/mol. The van der Waals surface area contributed by atoms with Crippen molar-refractivity contribution in [2.24, 2.45) is 5.10 Å². The van der Waals surface area contributed by atoms with Crippen LogP contribution >= 0.6 is 0 Å². The van der Waals surface area contributed by atoms with Gasteiger partial charge in [0.05, 0.1) is 11.9 Å². The Morgan fingerprint density at radius 1 is 1.03 bits per heavy atom. The fourth-order valence-electron chi connectivity index (χ4n) is 4.11. The number of halogens is 1. The minimum absolute atomic E-state index is 0.259. The van der Waals surface area contributed by atoms with Gasteiger partial charge in [-0.25, -0.2) is 9.82 Å². The largest absolute Gasteiger partial charge is 0.369 e. The summed E-state index contributed by atoms with van der Waals surface area (Å²) in [4.78, 5) is 14.7. The molecule has 1 fully saturated rings. The fourth-order valence-corrected chi connectivity index (χ4v) is 4.11. The monoisotopic (exact) mass is 418 g/mol. The lowest BCUT2D eigenvalue weighted by molar-refractivity contribution is 0.0955. The van der Waals surface area contributed by atoms with E-state index in [2.05, 4.69) is 20.0 Å². The highest BCUT2D eigenvalue weighted by Crippen LogP contribution is 2.26. The zero-order valence-corrected chi connectivity index (χ0v) is 18.2. The number of hydrogen-bond donors (Lipinski definition) is 1. The number of carbonyl (C=O) groups excluding carboxylic acids is 1. The maximum absolute atomic E-state index is 14.6. The number of amides is 1. The normalized spacial score (nSPS) is 13.9. The third-order valence-corrected chi connectivity index (χ3v) is 5.79. The Morgan fingerprint density at radius 3 is 2.45 bits per heavy atom. The molecule has 0 aliphatic carbocycles. The molecule has 5 nitrogen and oxygen atoms in total. The number of benzene rings is 2. The molecule has 160 valence electrons. The minimum Gasteiger partial charge on any atom is -0.369 e. The Morgan fingerprint density at radius 2 is 1.74 bits per heavy atom. The summed E-state index contributed by atoms with van der Waals surface area (Å²) in [7, 11) is 0. The summed E-state index contributed by atoms with van der Waals surface area (Å²) < 4.78 is 16.7. The summed E-state index contributed by atoms with van der Waals surface area (Å²) in [6.07, 6.45) is 3.69. The van der Waals surface area contributed by atoms with Crippen LogP contribution in [-0.4, -0.2) is 29.8 Å². The number of aryl methyl sites for hydroxylation is 3. The topological polar surface area (TPSA) is 49.6 Å². The van der Waals surface area contributed by atoms with Gasteiger partial charge in [0, 0.05) is 41.3 Å². The summed E-state index contributed by atoms with van der Waals surface area (Å²) in [5.74, 6) is -0.571. The van der Waals surface area contributed by atoms with Crippen LogP contribution in [0.15, 0.2) is 53.6 Å². The number of nitrogens with one attached hydrogen (secondary N) is 1. The van der Waals surface area contributed by atoms with Crippen LogP contribution in [0.3, 0.4) is 0 Å². The lowest BCUT2D eigenvalue weighted by atomic mass is 10.1. The molecule has 4 rings (SSSR count). The minimum atomic E-state index is -0.313. The number of anilines is 1. The predicted molar refractivity (Wildman–Crippen MR) is 123 cm³/mol. The quantitative estimate of drug-likeness (QED) is 0.473. The van der Waals surface area contributed by atoms with E-state index in [4.69, 9.17) is 0 Å². The summed E-state index contributed by atoms with van der Waals surface area (Å²) in [6, 6.07) is 14.8. The van der Waals surface area contributed by atoms with Gasteiger partial charge >= 0.3 is 0 Å². The Labute approximate surface area is 182 Å². The molecule has 0 spiro atoms. The fraction of sp³-hybridized carbons (Fsp3) is 0.280. The molecule has 2 aromatic carbocycles. The Balaban J connectivity index is 1.48. The number of hydrazone groups is 1. The molecule has 0 radical (unpaired) electrons. The second kappa shape index (κ2) is 8.76. The molecule has 0 atom stereocenters. The maximum Gasteiger partial charge on any atom is 0.271 e. The van der Waals surface area contributed by atoms with Crippen molar-refractivity contribution in [1.29, 1.82) is 0 Å². The van der Waals surface area contributed by atoms with Crippen LogP contribution in [0.1, 0.15) is 45.7 Å². The zero-order valence-electron chi connectivity index (χ0n) is 18.2. The predicted octanol–water partition coefficient (Wildman–Crippen LogP) is 4.91. The molecule has 31 heavy (non-hydrogen) atoms. The van der Waals surface area contributed by atoms with Gasteiger partial charge in [0.1, 0.15) is 5.82 Å². The van der Waals surface area contributed by atoms with E-state index in [9.17, 15) is 9.18 Å². The van der Waals surface area contributed by atoms with E-state index >= 15 is 0 Å². The molecule has 1 aromatic heterocycles. The molecule has 1 saturated heterocycles. The van der Waals surface area contributed by atoms with Gasteiger partial charge in [-0.05, 0) is 81.6 Å². The average Bonchev–Trinajstić information content (AvgIpc) is 3.40. The number of nitrogens with zero attached hydrogens (tertiary/aromatic N) is 3. The van der Waals surface area contributed by atoms with Crippen LogP contribution in [-0.2, 0) is 0 Å². The molecule has 1 amide bonds. The van der Waals surface area contributed by atoms with Gasteiger partial charge in [0.25, 0.3) is 5.91 Å². The van der Waals surface area contributed by atoms with Crippen LogP contribution in [0.2, 0.25) is 0 Å². The van der Waals surface area contributed by atoms with Crippen LogP contribution in [0, 0.1) is 26.6 Å².